The molecular weight excluding hydrogens is 348 g/mol. The molecule has 28 heavy (non-hydrogen) atoms. The zero-order valence-corrected chi connectivity index (χ0v) is 18.1. The predicted molar refractivity (Wildman–Crippen MR) is 111 cm³/mol. The fourth-order valence-corrected chi connectivity index (χ4v) is 7.44. The third-order valence-electron chi connectivity index (χ3n) is 9.13. The minimum absolute atomic E-state index is 0.0223. The Kier molecular flexibility index (Phi) is 5.48. The van der Waals surface area contributed by atoms with E-state index in [-0.39, 0.29) is 22.9 Å². The van der Waals surface area contributed by atoms with Crippen LogP contribution >= 0.6 is 0 Å². The normalized spacial score (nSPS) is 42.2. The van der Waals surface area contributed by atoms with Crippen LogP contribution in [0, 0.1) is 28.6 Å². The van der Waals surface area contributed by atoms with Crippen LogP contribution < -0.4 is 0 Å². The molecule has 3 saturated carbocycles. The molecule has 4 aliphatic rings. The van der Waals surface area contributed by atoms with Crippen LogP contribution in [0.3, 0.4) is 0 Å². The number of allylic oxidation sites excluding steroid dienone is 1. The van der Waals surface area contributed by atoms with Crippen molar-refractivity contribution in [2.75, 3.05) is 0 Å². The van der Waals surface area contributed by atoms with Crippen LogP contribution in [0.15, 0.2) is 11.6 Å². The van der Waals surface area contributed by atoms with E-state index in [0.717, 1.165) is 50.9 Å². The van der Waals surface area contributed by atoms with Crippen molar-refractivity contribution in [1.82, 2.24) is 0 Å². The van der Waals surface area contributed by atoms with Gasteiger partial charge in [-0.05, 0) is 80.6 Å². The van der Waals surface area contributed by atoms with Crippen molar-refractivity contribution in [3.8, 4) is 0 Å². The minimum Gasteiger partial charge on any atom is -0.462 e. The number of carbonyl (C=O) groups is 2. The number of rotatable bonds is 5. The molecular formula is C25H38O3. The van der Waals surface area contributed by atoms with Crippen molar-refractivity contribution in [3.63, 3.8) is 0 Å². The average Bonchev–Trinajstić information content (AvgIpc) is 2.99. The lowest BCUT2D eigenvalue weighted by Crippen LogP contribution is -2.51. The predicted octanol–water partition coefficient (Wildman–Crippen LogP) is 6.01. The summed E-state index contributed by atoms with van der Waals surface area (Å²) in [5.74, 6) is 2.47. The molecule has 0 aromatic heterocycles. The van der Waals surface area contributed by atoms with Gasteiger partial charge >= 0.3 is 5.97 Å². The van der Waals surface area contributed by atoms with Gasteiger partial charge < -0.3 is 4.74 Å². The number of hydrogen-bond donors (Lipinski definition) is 0. The summed E-state index contributed by atoms with van der Waals surface area (Å²) in [6.45, 7) is 7.01. The summed E-state index contributed by atoms with van der Waals surface area (Å²) in [5, 5.41) is 0. The lowest BCUT2D eigenvalue weighted by atomic mass is 9.47. The van der Waals surface area contributed by atoms with E-state index in [1.807, 2.05) is 6.08 Å². The first-order chi connectivity index (χ1) is 13.4. The van der Waals surface area contributed by atoms with Crippen molar-refractivity contribution in [2.45, 2.75) is 104 Å². The second kappa shape index (κ2) is 7.61. The first kappa shape index (κ1) is 20.2. The largest absolute Gasteiger partial charge is 0.462 e. The minimum atomic E-state index is 0.0223. The summed E-state index contributed by atoms with van der Waals surface area (Å²) in [6.07, 6.45) is 14.6. The highest BCUT2D eigenvalue weighted by molar-refractivity contribution is 5.91. The highest BCUT2D eigenvalue weighted by Gasteiger charge is 2.59. The Labute approximate surface area is 170 Å². The average molecular weight is 387 g/mol. The molecule has 3 unspecified atom stereocenters. The van der Waals surface area contributed by atoms with Gasteiger partial charge in [-0.3, -0.25) is 9.59 Å². The van der Waals surface area contributed by atoms with Gasteiger partial charge in [0.2, 0.25) is 0 Å². The van der Waals surface area contributed by atoms with Gasteiger partial charge in [0.1, 0.15) is 6.10 Å². The van der Waals surface area contributed by atoms with Crippen LogP contribution in [-0.4, -0.2) is 17.9 Å². The molecule has 6 atom stereocenters. The number of carbonyl (C=O) groups excluding carboxylic acids is 2. The van der Waals surface area contributed by atoms with E-state index in [0.29, 0.717) is 24.0 Å². The van der Waals surface area contributed by atoms with E-state index >= 15 is 0 Å². The summed E-state index contributed by atoms with van der Waals surface area (Å²) in [4.78, 5) is 24.4. The molecule has 0 N–H and O–H groups in total. The third-order valence-corrected chi connectivity index (χ3v) is 9.13. The van der Waals surface area contributed by atoms with E-state index in [1.54, 1.807) is 0 Å². The number of fused-ring (bicyclic) bond motifs is 5. The summed E-state index contributed by atoms with van der Waals surface area (Å²) in [6, 6.07) is 0. The van der Waals surface area contributed by atoms with Crippen LogP contribution in [0.2, 0.25) is 0 Å². The first-order valence-corrected chi connectivity index (χ1v) is 11.8. The lowest BCUT2D eigenvalue weighted by molar-refractivity contribution is -0.160. The third kappa shape index (κ3) is 3.27. The Balaban J connectivity index is 1.47. The number of esters is 1. The van der Waals surface area contributed by atoms with E-state index in [9.17, 15) is 9.59 Å². The molecule has 4 aliphatic carbocycles. The molecule has 0 saturated heterocycles. The number of hydrogen-bond acceptors (Lipinski definition) is 3. The molecule has 0 radical (unpaired) electrons. The van der Waals surface area contributed by atoms with Gasteiger partial charge in [0.25, 0.3) is 0 Å². The van der Waals surface area contributed by atoms with Crippen molar-refractivity contribution >= 4 is 11.8 Å². The first-order valence-electron chi connectivity index (χ1n) is 11.8. The van der Waals surface area contributed by atoms with Crippen molar-refractivity contribution < 1.29 is 14.3 Å². The Morgan fingerprint density at radius 1 is 1.07 bits per heavy atom. The smallest absolute Gasteiger partial charge is 0.306 e. The monoisotopic (exact) mass is 386 g/mol. The Morgan fingerprint density at radius 2 is 1.89 bits per heavy atom. The number of ether oxygens (including phenoxy) is 1. The second-order valence-corrected chi connectivity index (χ2v) is 10.5. The van der Waals surface area contributed by atoms with E-state index in [2.05, 4.69) is 20.8 Å². The maximum absolute atomic E-state index is 12.4. The molecule has 0 amide bonds. The van der Waals surface area contributed by atoms with Gasteiger partial charge in [-0.25, -0.2) is 0 Å². The molecule has 4 rings (SSSR count). The molecule has 0 bridgehead atoms. The zero-order chi connectivity index (χ0) is 19.9. The maximum Gasteiger partial charge on any atom is 0.306 e. The summed E-state index contributed by atoms with van der Waals surface area (Å²) < 4.78 is 6.06. The fourth-order valence-electron chi connectivity index (χ4n) is 7.44. The van der Waals surface area contributed by atoms with Crippen LogP contribution in [0.1, 0.15) is 97.8 Å². The molecule has 0 spiro atoms. The summed E-state index contributed by atoms with van der Waals surface area (Å²) in [5.41, 5.74) is 1.82. The lowest BCUT2D eigenvalue weighted by Gasteiger charge is -2.57. The zero-order valence-electron chi connectivity index (χ0n) is 18.1. The van der Waals surface area contributed by atoms with Gasteiger partial charge in [0.05, 0.1) is 0 Å². The van der Waals surface area contributed by atoms with E-state index in [1.165, 1.54) is 31.3 Å². The van der Waals surface area contributed by atoms with Crippen LogP contribution in [0.5, 0.6) is 0 Å². The molecule has 156 valence electrons. The SMILES string of the molecule is CCCCCC(=O)O[C@@H]1CCC2C3CCC4=CC(=O)CC[C@@]4(C)C3CC[C@]21C. The number of ketones is 1. The molecule has 3 fully saturated rings. The van der Waals surface area contributed by atoms with E-state index < -0.39 is 0 Å². The van der Waals surface area contributed by atoms with Crippen LogP contribution in [0.4, 0.5) is 0 Å². The topological polar surface area (TPSA) is 43.4 Å². The van der Waals surface area contributed by atoms with Gasteiger partial charge in [0, 0.05) is 18.3 Å². The van der Waals surface area contributed by atoms with Crippen molar-refractivity contribution in [3.05, 3.63) is 11.6 Å². The molecule has 0 aromatic carbocycles. The van der Waals surface area contributed by atoms with Gasteiger partial charge in [-0.1, -0.05) is 39.2 Å². The summed E-state index contributed by atoms with van der Waals surface area (Å²) >= 11 is 0. The van der Waals surface area contributed by atoms with Crippen LogP contribution in [0.25, 0.3) is 0 Å². The molecule has 0 aromatic rings. The highest BCUT2D eigenvalue weighted by atomic mass is 16.5. The van der Waals surface area contributed by atoms with E-state index in [4.69, 9.17) is 4.74 Å². The van der Waals surface area contributed by atoms with Gasteiger partial charge in [0.15, 0.2) is 5.78 Å². The standard InChI is InChI=1S/C25H38O3/c1-4-5-6-7-23(27)28-22-11-10-20-19-9-8-17-16-18(26)12-14-24(17,2)21(19)13-15-25(20,22)3/h16,19-22H,4-15H2,1-3H3/t19?,20?,21?,22-,24-,25-/m1/s1. The molecule has 0 aliphatic heterocycles. The fraction of sp³-hybridized carbons (Fsp3) is 0.840. The van der Waals surface area contributed by atoms with Crippen molar-refractivity contribution in [2.24, 2.45) is 28.6 Å². The Hall–Kier alpha value is -1.12. The van der Waals surface area contributed by atoms with Crippen molar-refractivity contribution in [1.29, 1.82) is 0 Å². The quantitative estimate of drug-likeness (QED) is 0.429. The second-order valence-electron chi connectivity index (χ2n) is 10.5. The Morgan fingerprint density at radius 3 is 2.68 bits per heavy atom. The number of unbranched alkanes of at least 4 members (excludes halogenated alkanes) is 2. The van der Waals surface area contributed by atoms with Gasteiger partial charge in [-0.2, -0.15) is 0 Å². The van der Waals surface area contributed by atoms with Gasteiger partial charge in [-0.15, -0.1) is 0 Å². The molecule has 0 heterocycles. The maximum atomic E-state index is 12.4. The summed E-state index contributed by atoms with van der Waals surface area (Å²) in [7, 11) is 0. The van der Waals surface area contributed by atoms with Crippen LogP contribution in [-0.2, 0) is 14.3 Å². The molecule has 3 nitrogen and oxygen atoms in total. The molecule has 3 heteroatoms. The Bertz CT molecular complexity index is 665. The highest BCUT2D eigenvalue weighted by Crippen LogP contribution is 2.65.